The second-order valence-corrected chi connectivity index (χ2v) is 10.6. The molecule has 4 rings (SSSR count). The quantitative estimate of drug-likeness (QED) is 0.184. The van der Waals surface area contributed by atoms with Gasteiger partial charge in [0.2, 0.25) is 5.88 Å². The molecule has 2 amide bonds. The number of carbonyl (C=O) groups excluding carboxylic acids is 2. The van der Waals surface area contributed by atoms with E-state index in [1.54, 1.807) is 13.3 Å². The number of nitrogens with zero attached hydrogens (tertiary/aromatic N) is 2. The number of unbranched alkanes of at least 4 members (excludes halogenated alkanes) is 1. The van der Waals surface area contributed by atoms with Crippen LogP contribution >= 0.6 is 0 Å². The summed E-state index contributed by atoms with van der Waals surface area (Å²) in [5, 5.41) is 6.68. The van der Waals surface area contributed by atoms with Crippen LogP contribution in [0.5, 0.6) is 5.88 Å². The van der Waals surface area contributed by atoms with Crippen LogP contribution in [0.15, 0.2) is 66.9 Å². The minimum absolute atomic E-state index is 0.155. The molecule has 0 bridgehead atoms. The second kappa shape index (κ2) is 13.6. The maximum Gasteiger partial charge on any atom is 0.408 e. The third kappa shape index (κ3) is 8.69. The number of hydrogen-bond acceptors (Lipinski definition) is 7. The van der Waals surface area contributed by atoms with Gasteiger partial charge in [-0.15, -0.1) is 0 Å². The Hall–Kier alpha value is -4.60. The van der Waals surface area contributed by atoms with E-state index in [1.165, 1.54) is 0 Å². The van der Waals surface area contributed by atoms with Gasteiger partial charge in [0.25, 0.3) is 0 Å². The number of hydrogen-bond donors (Lipinski definition) is 3. The highest BCUT2D eigenvalue weighted by Gasteiger charge is 2.21. The molecule has 0 aliphatic carbocycles. The zero-order valence-corrected chi connectivity index (χ0v) is 23.9. The molecule has 0 spiro atoms. The number of fused-ring (bicyclic) bond motifs is 1. The molecule has 0 aliphatic rings. The van der Waals surface area contributed by atoms with Gasteiger partial charge < -0.3 is 29.8 Å². The number of methoxy groups -OCH3 is 1. The molecule has 0 aliphatic heterocycles. The van der Waals surface area contributed by atoms with Crippen molar-refractivity contribution in [1.82, 2.24) is 25.6 Å². The van der Waals surface area contributed by atoms with Gasteiger partial charge in [0, 0.05) is 11.9 Å². The Morgan fingerprint density at radius 3 is 2.51 bits per heavy atom. The van der Waals surface area contributed by atoms with Gasteiger partial charge in [-0.05, 0) is 57.7 Å². The van der Waals surface area contributed by atoms with E-state index < -0.39 is 23.8 Å². The first-order valence-corrected chi connectivity index (χ1v) is 13.6. The van der Waals surface area contributed by atoms with Crippen molar-refractivity contribution in [2.75, 3.05) is 13.7 Å². The fourth-order valence-electron chi connectivity index (χ4n) is 4.26. The highest BCUT2D eigenvalue weighted by atomic mass is 16.6. The van der Waals surface area contributed by atoms with E-state index in [4.69, 9.17) is 14.2 Å². The summed E-state index contributed by atoms with van der Waals surface area (Å²) in [6.45, 7) is 6.06. The third-order valence-corrected chi connectivity index (χ3v) is 6.19. The molecule has 10 heteroatoms. The molecule has 2 aromatic heterocycles. The number of benzene rings is 2. The lowest BCUT2D eigenvalue weighted by Crippen LogP contribution is -2.33. The second-order valence-electron chi connectivity index (χ2n) is 10.6. The summed E-state index contributed by atoms with van der Waals surface area (Å²) < 4.78 is 16.3. The summed E-state index contributed by atoms with van der Waals surface area (Å²) in [6, 6.07) is 18.8. The van der Waals surface area contributed by atoms with Crippen molar-refractivity contribution in [1.29, 1.82) is 0 Å². The fourth-order valence-corrected chi connectivity index (χ4v) is 4.26. The standard InChI is InChI=1S/C31H37N5O5/c1-31(2,3)41-29(37)32-17-11-10-16-25(36-30(38)40-20-21-12-6-5-7-13-21)27-33-19-26(34-27)23-18-22-14-8-9-15-24(22)35-28(23)39-4/h5-9,12-15,18-19,25H,10-11,16-17,20H2,1-4H3,(H,32,37)(H,33,34)(H,36,38)/t25-/m0/s1. The van der Waals surface area contributed by atoms with Gasteiger partial charge in [-0.2, -0.15) is 0 Å². The van der Waals surface area contributed by atoms with Crippen LogP contribution in [0, 0.1) is 0 Å². The minimum Gasteiger partial charge on any atom is -0.480 e. The molecule has 1 atom stereocenters. The Labute approximate surface area is 239 Å². The molecule has 2 heterocycles. The highest BCUT2D eigenvalue weighted by molar-refractivity contribution is 5.85. The van der Waals surface area contributed by atoms with E-state index in [1.807, 2.05) is 81.4 Å². The highest BCUT2D eigenvalue weighted by Crippen LogP contribution is 2.31. The summed E-state index contributed by atoms with van der Waals surface area (Å²) in [5.41, 5.74) is 2.64. The first-order chi connectivity index (χ1) is 19.7. The van der Waals surface area contributed by atoms with Crippen LogP contribution in [-0.2, 0) is 16.1 Å². The molecule has 216 valence electrons. The number of para-hydroxylation sites is 1. The van der Waals surface area contributed by atoms with E-state index in [0.29, 0.717) is 43.2 Å². The molecule has 0 unspecified atom stereocenters. The molecular formula is C31H37N5O5. The lowest BCUT2D eigenvalue weighted by Gasteiger charge is -2.20. The topological polar surface area (TPSA) is 127 Å². The van der Waals surface area contributed by atoms with Crippen LogP contribution in [0.3, 0.4) is 0 Å². The van der Waals surface area contributed by atoms with Crippen molar-refractivity contribution in [2.24, 2.45) is 0 Å². The number of amides is 2. The summed E-state index contributed by atoms with van der Waals surface area (Å²) >= 11 is 0. The van der Waals surface area contributed by atoms with Crippen LogP contribution in [0.1, 0.15) is 57.5 Å². The number of alkyl carbamates (subject to hydrolysis) is 2. The van der Waals surface area contributed by atoms with Crippen LogP contribution in [0.2, 0.25) is 0 Å². The predicted molar refractivity (Wildman–Crippen MR) is 156 cm³/mol. The van der Waals surface area contributed by atoms with Gasteiger partial charge in [0.05, 0.1) is 36.1 Å². The molecule has 0 fully saturated rings. The first-order valence-electron chi connectivity index (χ1n) is 13.6. The molecular weight excluding hydrogens is 522 g/mol. The molecule has 2 aromatic carbocycles. The Bertz CT molecular complexity index is 1450. The summed E-state index contributed by atoms with van der Waals surface area (Å²) in [4.78, 5) is 37.3. The minimum atomic E-state index is -0.556. The smallest absolute Gasteiger partial charge is 0.408 e. The number of aromatic nitrogens is 3. The summed E-state index contributed by atoms with van der Waals surface area (Å²) in [7, 11) is 1.58. The van der Waals surface area contributed by atoms with Gasteiger partial charge in [0.15, 0.2) is 0 Å². The lowest BCUT2D eigenvalue weighted by molar-refractivity contribution is 0.0527. The number of carbonyl (C=O) groups is 2. The van der Waals surface area contributed by atoms with Crippen molar-refractivity contribution in [2.45, 2.75) is 58.3 Å². The van der Waals surface area contributed by atoms with E-state index in [2.05, 4.69) is 25.6 Å². The maximum atomic E-state index is 12.8. The maximum absolute atomic E-state index is 12.8. The Morgan fingerprint density at radius 2 is 1.76 bits per heavy atom. The van der Waals surface area contributed by atoms with Crippen molar-refractivity contribution < 1.29 is 23.8 Å². The van der Waals surface area contributed by atoms with E-state index in [9.17, 15) is 9.59 Å². The van der Waals surface area contributed by atoms with Crippen molar-refractivity contribution in [3.8, 4) is 17.1 Å². The number of aromatic amines is 1. The monoisotopic (exact) mass is 559 g/mol. The van der Waals surface area contributed by atoms with Gasteiger partial charge in [0.1, 0.15) is 18.0 Å². The molecule has 0 saturated carbocycles. The van der Waals surface area contributed by atoms with Crippen molar-refractivity contribution >= 4 is 23.1 Å². The predicted octanol–water partition coefficient (Wildman–Crippen LogP) is 6.30. The SMILES string of the molecule is COc1nc2ccccc2cc1-c1cnc([C@H](CCCCNC(=O)OC(C)(C)C)NC(=O)OCc2ccccc2)[nH]1. The number of rotatable bonds is 11. The average Bonchev–Trinajstić information content (AvgIpc) is 3.44. The molecule has 10 nitrogen and oxygen atoms in total. The molecule has 0 radical (unpaired) electrons. The van der Waals surface area contributed by atoms with Gasteiger partial charge in [-0.3, -0.25) is 0 Å². The third-order valence-electron chi connectivity index (χ3n) is 6.19. The molecule has 41 heavy (non-hydrogen) atoms. The molecule has 0 saturated heterocycles. The Kier molecular flexibility index (Phi) is 9.78. The number of pyridine rings is 1. The fraction of sp³-hybridized carbons (Fsp3) is 0.355. The van der Waals surface area contributed by atoms with Crippen LogP contribution in [0.4, 0.5) is 9.59 Å². The van der Waals surface area contributed by atoms with Gasteiger partial charge in [-0.25, -0.2) is 19.6 Å². The van der Waals surface area contributed by atoms with E-state index in [0.717, 1.165) is 22.0 Å². The first kappa shape index (κ1) is 29.4. The average molecular weight is 560 g/mol. The Morgan fingerprint density at radius 1 is 1.00 bits per heavy atom. The van der Waals surface area contributed by atoms with Crippen molar-refractivity contribution in [3.05, 3.63) is 78.2 Å². The summed E-state index contributed by atoms with van der Waals surface area (Å²) in [6.07, 6.45) is 2.66. The number of nitrogens with one attached hydrogen (secondary N) is 3. The van der Waals surface area contributed by atoms with Crippen molar-refractivity contribution in [3.63, 3.8) is 0 Å². The zero-order chi connectivity index (χ0) is 29.2. The summed E-state index contributed by atoms with van der Waals surface area (Å²) in [5.74, 6) is 1.05. The van der Waals surface area contributed by atoms with Gasteiger partial charge in [-0.1, -0.05) is 48.5 Å². The van der Waals surface area contributed by atoms with Gasteiger partial charge >= 0.3 is 12.2 Å². The zero-order valence-electron chi connectivity index (χ0n) is 23.9. The van der Waals surface area contributed by atoms with E-state index >= 15 is 0 Å². The largest absolute Gasteiger partial charge is 0.480 e. The number of imidazole rings is 1. The Balaban J connectivity index is 1.45. The van der Waals surface area contributed by atoms with Crippen LogP contribution in [-0.4, -0.2) is 46.4 Å². The van der Waals surface area contributed by atoms with E-state index in [-0.39, 0.29) is 6.61 Å². The molecule has 3 N–H and O–H groups in total. The van der Waals surface area contributed by atoms with Crippen LogP contribution in [0.25, 0.3) is 22.2 Å². The normalized spacial score (nSPS) is 12.0. The molecule has 4 aromatic rings. The number of H-pyrrole nitrogens is 1. The van der Waals surface area contributed by atoms with Crippen LogP contribution < -0.4 is 15.4 Å². The lowest BCUT2D eigenvalue weighted by atomic mass is 10.1. The number of ether oxygens (including phenoxy) is 3.